The largest absolute Gasteiger partial charge is 0.392 e. The van der Waals surface area contributed by atoms with Crippen molar-refractivity contribution in [2.75, 3.05) is 18.4 Å². The van der Waals surface area contributed by atoms with Crippen molar-refractivity contribution in [2.24, 2.45) is 0 Å². The van der Waals surface area contributed by atoms with Crippen molar-refractivity contribution in [3.05, 3.63) is 42.2 Å². The first-order valence-corrected chi connectivity index (χ1v) is 10.4. The summed E-state index contributed by atoms with van der Waals surface area (Å²) in [7, 11) is -3.65. The maximum absolute atomic E-state index is 12.7. The van der Waals surface area contributed by atoms with E-state index in [2.05, 4.69) is 10.4 Å². The minimum atomic E-state index is -3.65. The predicted molar refractivity (Wildman–Crippen MR) is 101 cm³/mol. The van der Waals surface area contributed by atoms with Gasteiger partial charge in [-0.15, -0.1) is 0 Å². The maximum Gasteiger partial charge on any atom is 0.276 e. The molecule has 146 valence electrons. The monoisotopic (exact) mass is 392 g/mol. The van der Waals surface area contributed by atoms with Gasteiger partial charge in [-0.05, 0) is 57.0 Å². The van der Waals surface area contributed by atoms with Gasteiger partial charge in [0, 0.05) is 31.0 Å². The summed E-state index contributed by atoms with van der Waals surface area (Å²) in [6, 6.07) is 7.80. The van der Waals surface area contributed by atoms with E-state index in [4.69, 9.17) is 0 Å². The van der Waals surface area contributed by atoms with Gasteiger partial charge in [-0.3, -0.25) is 9.48 Å². The molecular weight excluding hydrogens is 368 g/mol. The minimum Gasteiger partial charge on any atom is -0.392 e. The van der Waals surface area contributed by atoms with Crippen LogP contribution in [0.3, 0.4) is 0 Å². The fourth-order valence-corrected chi connectivity index (χ4v) is 4.46. The molecule has 1 aliphatic rings. The number of hydrogen-bond donors (Lipinski definition) is 2. The van der Waals surface area contributed by atoms with Crippen molar-refractivity contribution in [2.45, 2.75) is 43.7 Å². The number of piperidine rings is 1. The van der Waals surface area contributed by atoms with E-state index < -0.39 is 16.1 Å². The van der Waals surface area contributed by atoms with Gasteiger partial charge in [0.15, 0.2) is 5.69 Å². The summed E-state index contributed by atoms with van der Waals surface area (Å²) in [5.74, 6) is -0.357. The third-order valence-electron chi connectivity index (χ3n) is 4.48. The first kappa shape index (κ1) is 19.5. The molecule has 0 unspecified atom stereocenters. The molecule has 0 spiro atoms. The molecule has 0 radical (unpaired) electrons. The van der Waals surface area contributed by atoms with Gasteiger partial charge in [0.1, 0.15) is 0 Å². The Labute approximate surface area is 158 Å². The number of carbonyl (C=O) groups is 1. The number of rotatable bonds is 5. The molecule has 9 heteroatoms. The number of anilines is 1. The molecule has 8 nitrogen and oxygen atoms in total. The van der Waals surface area contributed by atoms with Crippen LogP contribution >= 0.6 is 0 Å². The predicted octanol–water partition coefficient (Wildman–Crippen LogP) is 1.86. The van der Waals surface area contributed by atoms with Crippen molar-refractivity contribution in [1.29, 1.82) is 0 Å². The topological polar surface area (TPSA) is 105 Å². The highest BCUT2D eigenvalue weighted by molar-refractivity contribution is 7.89. The summed E-state index contributed by atoms with van der Waals surface area (Å²) in [6.07, 6.45) is 2.36. The first-order valence-electron chi connectivity index (χ1n) is 8.92. The Morgan fingerprint density at radius 2 is 1.96 bits per heavy atom. The van der Waals surface area contributed by atoms with Crippen LogP contribution in [0.2, 0.25) is 0 Å². The SMILES string of the molecule is CC(C)n1ccc(C(=O)Nc2ccc(S(=O)(=O)N3CCC[C@H](O)C3)cc2)n1. The second kappa shape index (κ2) is 7.79. The van der Waals surface area contributed by atoms with Crippen LogP contribution in [0.15, 0.2) is 41.4 Å². The molecule has 0 aliphatic carbocycles. The van der Waals surface area contributed by atoms with E-state index >= 15 is 0 Å². The van der Waals surface area contributed by atoms with Gasteiger partial charge in [0.25, 0.3) is 5.91 Å². The van der Waals surface area contributed by atoms with Crippen LogP contribution in [0.5, 0.6) is 0 Å². The molecule has 1 aromatic heterocycles. The molecular formula is C18H24N4O4S. The van der Waals surface area contributed by atoms with Crippen molar-refractivity contribution in [3.63, 3.8) is 0 Å². The summed E-state index contributed by atoms with van der Waals surface area (Å²) in [6.45, 7) is 4.44. The van der Waals surface area contributed by atoms with E-state index in [9.17, 15) is 18.3 Å². The normalized spacial score (nSPS) is 18.6. The van der Waals surface area contributed by atoms with Gasteiger partial charge in [0.05, 0.1) is 11.0 Å². The van der Waals surface area contributed by atoms with E-state index in [1.165, 1.54) is 16.4 Å². The zero-order valence-electron chi connectivity index (χ0n) is 15.4. The fourth-order valence-electron chi connectivity index (χ4n) is 2.94. The number of amides is 1. The highest BCUT2D eigenvalue weighted by atomic mass is 32.2. The first-order chi connectivity index (χ1) is 12.8. The van der Waals surface area contributed by atoms with Crippen LogP contribution < -0.4 is 5.32 Å². The standard InChI is InChI=1S/C18H24N4O4S/c1-13(2)22-11-9-17(20-22)18(24)19-14-5-7-16(8-6-14)27(25,26)21-10-3-4-15(23)12-21/h5-9,11,13,15,23H,3-4,10,12H2,1-2H3,(H,19,24)/t15-/m0/s1. The molecule has 1 saturated heterocycles. The second-order valence-corrected chi connectivity index (χ2v) is 8.85. The highest BCUT2D eigenvalue weighted by Crippen LogP contribution is 2.22. The molecule has 1 fully saturated rings. The summed E-state index contributed by atoms with van der Waals surface area (Å²) in [5, 5.41) is 16.6. The lowest BCUT2D eigenvalue weighted by atomic mass is 10.1. The van der Waals surface area contributed by atoms with Crippen LogP contribution in [0, 0.1) is 0 Å². The number of sulfonamides is 1. The molecule has 2 N–H and O–H groups in total. The zero-order valence-corrected chi connectivity index (χ0v) is 16.2. The van der Waals surface area contributed by atoms with E-state index in [0.717, 1.165) is 0 Å². The lowest BCUT2D eigenvalue weighted by Gasteiger charge is -2.29. The third kappa shape index (κ3) is 4.37. The van der Waals surface area contributed by atoms with Crippen molar-refractivity contribution >= 4 is 21.6 Å². The van der Waals surface area contributed by atoms with Crippen molar-refractivity contribution < 1.29 is 18.3 Å². The Bertz CT molecular complexity index is 906. The quantitative estimate of drug-likeness (QED) is 0.808. The average molecular weight is 392 g/mol. The van der Waals surface area contributed by atoms with Crippen LogP contribution in [-0.4, -0.2) is 52.7 Å². The lowest BCUT2D eigenvalue weighted by molar-refractivity contribution is 0.102. The van der Waals surface area contributed by atoms with E-state index in [-0.39, 0.29) is 23.4 Å². The van der Waals surface area contributed by atoms with Gasteiger partial charge < -0.3 is 10.4 Å². The summed E-state index contributed by atoms with van der Waals surface area (Å²) < 4.78 is 28.3. The van der Waals surface area contributed by atoms with Gasteiger partial charge >= 0.3 is 0 Å². The third-order valence-corrected chi connectivity index (χ3v) is 6.36. The number of benzene rings is 1. The van der Waals surface area contributed by atoms with E-state index in [1.807, 2.05) is 13.8 Å². The molecule has 2 aromatic rings. The Hall–Kier alpha value is -2.23. The minimum absolute atomic E-state index is 0.110. The molecule has 0 bridgehead atoms. The Morgan fingerprint density at radius 1 is 1.26 bits per heavy atom. The van der Waals surface area contributed by atoms with Gasteiger partial charge in [-0.2, -0.15) is 9.40 Å². The van der Waals surface area contributed by atoms with Crippen molar-refractivity contribution in [3.8, 4) is 0 Å². The maximum atomic E-state index is 12.7. The number of aliphatic hydroxyl groups is 1. The van der Waals surface area contributed by atoms with Crippen molar-refractivity contribution in [1.82, 2.24) is 14.1 Å². The molecule has 1 aromatic carbocycles. The van der Waals surface area contributed by atoms with Gasteiger partial charge in [-0.25, -0.2) is 8.42 Å². The van der Waals surface area contributed by atoms with Crippen LogP contribution in [0.25, 0.3) is 0 Å². The highest BCUT2D eigenvalue weighted by Gasteiger charge is 2.29. The lowest BCUT2D eigenvalue weighted by Crippen LogP contribution is -2.42. The Morgan fingerprint density at radius 3 is 2.56 bits per heavy atom. The molecule has 1 atom stereocenters. The van der Waals surface area contributed by atoms with E-state index in [0.29, 0.717) is 30.8 Å². The number of nitrogens with zero attached hydrogens (tertiary/aromatic N) is 3. The molecule has 1 aliphatic heterocycles. The number of aliphatic hydroxyl groups excluding tert-OH is 1. The second-order valence-electron chi connectivity index (χ2n) is 6.91. The smallest absolute Gasteiger partial charge is 0.276 e. The Balaban J connectivity index is 1.70. The number of aromatic nitrogens is 2. The van der Waals surface area contributed by atoms with Crippen LogP contribution in [0.1, 0.15) is 43.2 Å². The molecule has 0 saturated carbocycles. The number of nitrogens with one attached hydrogen (secondary N) is 1. The van der Waals surface area contributed by atoms with Gasteiger partial charge in [0.2, 0.25) is 10.0 Å². The zero-order chi connectivity index (χ0) is 19.6. The molecule has 2 heterocycles. The fraction of sp³-hybridized carbons (Fsp3) is 0.444. The van der Waals surface area contributed by atoms with Crippen LogP contribution in [0.4, 0.5) is 5.69 Å². The Kier molecular flexibility index (Phi) is 5.64. The number of carbonyl (C=O) groups excluding carboxylic acids is 1. The summed E-state index contributed by atoms with van der Waals surface area (Å²) >= 11 is 0. The van der Waals surface area contributed by atoms with E-state index in [1.54, 1.807) is 29.1 Å². The summed E-state index contributed by atoms with van der Waals surface area (Å²) in [4.78, 5) is 12.4. The average Bonchev–Trinajstić information content (AvgIpc) is 3.13. The van der Waals surface area contributed by atoms with Gasteiger partial charge in [-0.1, -0.05) is 0 Å². The molecule has 1 amide bonds. The summed E-state index contributed by atoms with van der Waals surface area (Å²) in [5.41, 5.74) is 0.777. The number of hydrogen-bond acceptors (Lipinski definition) is 5. The molecule has 3 rings (SSSR count). The number of β-amino-alcohol motifs (C(OH)–C–C–N with tert-alkyl or cyclic N) is 1. The molecule has 27 heavy (non-hydrogen) atoms. The van der Waals surface area contributed by atoms with Crippen LogP contribution in [-0.2, 0) is 10.0 Å².